The summed E-state index contributed by atoms with van der Waals surface area (Å²) in [6.07, 6.45) is 4.16. The van der Waals surface area contributed by atoms with Crippen LogP contribution in [0.2, 0.25) is 0 Å². The Hall–Kier alpha value is -0.900. The van der Waals surface area contributed by atoms with Crippen molar-refractivity contribution in [3.63, 3.8) is 0 Å². The summed E-state index contributed by atoms with van der Waals surface area (Å²) in [7, 11) is 4.11. The highest BCUT2D eigenvalue weighted by molar-refractivity contribution is 5.29. The molecular formula is C16H25NO2. The lowest BCUT2D eigenvalue weighted by molar-refractivity contribution is -0.0619. The minimum Gasteiger partial charge on any atom is -0.392 e. The molecule has 3 heteroatoms. The average Bonchev–Trinajstić information content (AvgIpc) is 2.41. The molecule has 3 nitrogen and oxygen atoms in total. The van der Waals surface area contributed by atoms with Gasteiger partial charge in [-0.2, -0.15) is 0 Å². The molecule has 0 radical (unpaired) electrons. The fourth-order valence-electron chi connectivity index (χ4n) is 3.23. The van der Waals surface area contributed by atoms with Gasteiger partial charge in [0.2, 0.25) is 0 Å². The van der Waals surface area contributed by atoms with Crippen molar-refractivity contribution in [1.29, 1.82) is 0 Å². The van der Waals surface area contributed by atoms with E-state index in [-0.39, 0.29) is 12.5 Å². The third-order valence-electron chi connectivity index (χ3n) is 4.23. The van der Waals surface area contributed by atoms with Crippen LogP contribution in [0.25, 0.3) is 0 Å². The van der Waals surface area contributed by atoms with Crippen molar-refractivity contribution < 1.29 is 10.2 Å². The third-order valence-corrected chi connectivity index (χ3v) is 4.23. The Balaban J connectivity index is 2.30. The monoisotopic (exact) mass is 263 g/mol. The second-order valence-electron chi connectivity index (χ2n) is 5.99. The summed E-state index contributed by atoms with van der Waals surface area (Å²) < 4.78 is 0. The fraction of sp³-hybridized carbons (Fsp3) is 0.625. The quantitative estimate of drug-likeness (QED) is 0.874. The van der Waals surface area contributed by atoms with Crippen molar-refractivity contribution in [1.82, 2.24) is 4.90 Å². The van der Waals surface area contributed by atoms with Gasteiger partial charge in [-0.25, -0.2) is 0 Å². The fourth-order valence-corrected chi connectivity index (χ4v) is 3.23. The van der Waals surface area contributed by atoms with E-state index in [1.165, 1.54) is 6.42 Å². The Morgan fingerprint density at radius 3 is 2.79 bits per heavy atom. The second kappa shape index (κ2) is 6.04. The maximum Gasteiger partial charge on any atom is 0.0936 e. The lowest BCUT2D eigenvalue weighted by atomic mass is 9.71. The molecule has 2 rings (SSSR count). The first kappa shape index (κ1) is 14.5. The van der Waals surface area contributed by atoms with Crippen LogP contribution in [0.3, 0.4) is 0 Å². The van der Waals surface area contributed by atoms with Crippen LogP contribution in [0.5, 0.6) is 0 Å². The largest absolute Gasteiger partial charge is 0.392 e. The zero-order chi connectivity index (χ0) is 13.9. The standard InChI is InChI=1S/C16H25NO2/c1-17(2)11-15-7-3-4-9-16(15,19)14-8-5-6-13(10-14)12-18/h5-6,8,10,15,18-19H,3-4,7,9,11-12H2,1-2H3/t15-,16-/m0/s1. The van der Waals surface area contributed by atoms with E-state index in [0.717, 1.165) is 36.9 Å². The Morgan fingerprint density at radius 2 is 2.11 bits per heavy atom. The van der Waals surface area contributed by atoms with Gasteiger partial charge in [-0.05, 0) is 38.1 Å². The molecule has 0 saturated heterocycles. The molecule has 1 aliphatic rings. The van der Waals surface area contributed by atoms with Gasteiger partial charge in [0, 0.05) is 12.5 Å². The van der Waals surface area contributed by atoms with Crippen molar-refractivity contribution >= 4 is 0 Å². The Morgan fingerprint density at radius 1 is 1.32 bits per heavy atom. The van der Waals surface area contributed by atoms with E-state index in [4.69, 9.17) is 0 Å². The molecule has 1 fully saturated rings. The molecular weight excluding hydrogens is 238 g/mol. The van der Waals surface area contributed by atoms with E-state index in [1.54, 1.807) is 0 Å². The third kappa shape index (κ3) is 3.16. The Kier molecular flexibility index (Phi) is 4.61. The van der Waals surface area contributed by atoms with Crippen molar-refractivity contribution in [3.05, 3.63) is 35.4 Å². The molecule has 0 aromatic heterocycles. The van der Waals surface area contributed by atoms with Crippen molar-refractivity contribution in [2.75, 3.05) is 20.6 Å². The van der Waals surface area contributed by atoms with E-state index in [2.05, 4.69) is 19.0 Å². The molecule has 1 aliphatic carbocycles. The van der Waals surface area contributed by atoms with Crippen molar-refractivity contribution in [2.24, 2.45) is 5.92 Å². The molecule has 1 aromatic rings. The summed E-state index contributed by atoms with van der Waals surface area (Å²) in [6, 6.07) is 7.78. The zero-order valence-electron chi connectivity index (χ0n) is 12.0. The lowest BCUT2D eigenvalue weighted by Crippen LogP contribution is -2.43. The topological polar surface area (TPSA) is 43.7 Å². The highest BCUT2D eigenvalue weighted by atomic mass is 16.3. The molecule has 0 heterocycles. The van der Waals surface area contributed by atoms with Crippen LogP contribution in [-0.4, -0.2) is 35.8 Å². The van der Waals surface area contributed by atoms with Gasteiger partial charge in [0.1, 0.15) is 0 Å². The van der Waals surface area contributed by atoms with Crippen LogP contribution in [0.4, 0.5) is 0 Å². The Labute approximate surface area is 115 Å². The van der Waals surface area contributed by atoms with Gasteiger partial charge in [-0.1, -0.05) is 37.1 Å². The van der Waals surface area contributed by atoms with Crippen LogP contribution < -0.4 is 0 Å². The number of aliphatic hydroxyl groups excluding tert-OH is 1. The molecule has 106 valence electrons. The summed E-state index contributed by atoms with van der Waals surface area (Å²) in [5.74, 6) is 0.269. The SMILES string of the molecule is CN(C)C[C@@H]1CCCC[C@]1(O)c1cccc(CO)c1. The smallest absolute Gasteiger partial charge is 0.0936 e. The number of nitrogens with zero attached hydrogens (tertiary/aromatic N) is 1. The van der Waals surface area contributed by atoms with Crippen LogP contribution in [0.15, 0.2) is 24.3 Å². The van der Waals surface area contributed by atoms with Crippen LogP contribution in [0, 0.1) is 5.92 Å². The maximum absolute atomic E-state index is 11.2. The van der Waals surface area contributed by atoms with E-state index < -0.39 is 5.60 Å². The molecule has 1 saturated carbocycles. The minimum atomic E-state index is -0.742. The number of rotatable bonds is 4. The van der Waals surface area contributed by atoms with Crippen LogP contribution >= 0.6 is 0 Å². The molecule has 0 amide bonds. The van der Waals surface area contributed by atoms with Gasteiger partial charge in [-0.3, -0.25) is 0 Å². The molecule has 2 N–H and O–H groups in total. The van der Waals surface area contributed by atoms with Gasteiger partial charge in [0.15, 0.2) is 0 Å². The van der Waals surface area contributed by atoms with Gasteiger partial charge < -0.3 is 15.1 Å². The molecule has 1 aromatic carbocycles. The summed E-state index contributed by atoms with van der Waals surface area (Å²) in [5, 5.41) is 20.4. The van der Waals surface area contributed by atoms with Crippen molar-refractivity contribution in [3.8, 4) is 0 Å². The van der Waals surface area contributed by atoms with Gasteiger partial charge in [0.05, 0.1) is 12.2 Å². The molecule has 0 unspecified atom stereocenters. The van der Waals surface area contributed by atoms with Gasteiger partial charge >= 0.3 is 0 Å². The van der Waals surface area contributed by atoms with Crippen LogP contribution in [-0.2, 0) is 12.2 Å². The summed E-state index contributed by atoms with van der Waals surface area (Å²) in [5.41, 5.74) is 1.10. The van der Waals surface area contributed by atoms with E-state index in [0.29, 0.717) is 0 Å². The Bertz CT molecular complexity index is 419. The van der Waals surface area contributed by atoms with E-state index >= 15 is 0 Å². The molecule has 2 atom stereocenters. The molecule has 0 bridgehead atoms. The molecule has 0 aliphatic heterocycles. The summed E-state index contributed by atoms with van der Waals surface area (Å²) in [6.45, 7) is 0.933. The highest BCUT2D eigenvalue weighted by Gasteiger charge is 2.40. The predicted octanol–water partition coefficient (Wildman–Crippen LogP) is 2.12. The first-order chi connectivity index (χ1) is 9.06. The highest BCUT2D eigenvalue weighted by Crippen LogP contribution is 2.42. The zero-order valence-corrected chi connectivity index (χ0v) is 12.0. The van der Waals surface area contributed by atoms with Gasteiger partial charge in [-0.15, -0.1) is 0 Å². The van der Waals surface area contributed by atoms with Crippen molar-refractivity contribution in [2.45, 2.75) is 37.9 Å². The first-order valence-corrected chi connectivity index (χ1v) is 7.13. The number of aliphatic hydroxyl groups is 2. The first-order valence-electron chi connectivity index (χ1n) is 7.13. The van der Waals surface area contributed by atoms with Gasteiger partial charge in [0.25, 0.3) is 0 Å². The second-order valence-corrected chi connectivity index (χ2v) is 5.99. The average molecular weight is 263 g/mol. The number of benzene rings is 1. The summed E-state index contributed by atoms with van der Waals surface area (Å²) >= 11 is 0. The number of hydrogen-bond donors (Lipinski definition) is 2. The molecule has 19 heavy (non-hydrogen) atoms. The van der Waals surface area contributed by atoms with E-state index in [9.17, 15) is 10.2 Å². The van der Waals surface area contributed by atoms with E-state index in [1.807, 2.05) is 24.3 Å². The number of hydrogen-bond acceptors (Lipinski definition) is 3. The molecule has 0 spiro atoms. The normalized spacial score (nSPS) is 27.7. The maximum atomic E-state index is 11.2. The summed E-state index contributed by atoms with van der Waals surface area (Å²) in [4.78, 5) is 2.15. The minimum absolute atomic E-state index is 0.0300. The van der Waals surface area contributed by atoms with Crippen LogP contribution in [0.1, 0.15) is 36.8 Å². The lowest BCUT2D eigenvalue weighted by Gasteiger charge is -2.42. The predicted molar refractivity (Wildman–Crippen MR) is 76.8 cm³/mol.